The minimum absolute atomic E-state index is 0.0431. The monoisotopic (exact) mass is 194 g/mol. The number of nitrogens with two attached hydrogens (primary N) is 2. The lowest BCUT2D eigenvalue weighted by molar-refractivity contribution is 0.145. The van der Waals surface area contributed by atoms with Crippen LogP contribution in [0.15, 0.2) is 21.9 Å². The van der Waals surface area contributed by atoms with Gasteiger partial charge >= 0.3 is 0 Å². The normalized spacial score (nSPS) is 22.0. The number of rotatable bonds is 0. The van der Waals surface area contributed by atoms with E-state index in [1.165, 1.54) is 0 Å². The van der Waals surface area contributed by atoms with Gasteiger partial charge in [-0.25, -0.2) is 0 Å². The highest BCUT2D eigenvalue weighted by molar-refractivity contribution is 7.84. The SMILES string of the molecule is N#CC1=C(N)OC(N)C(C#N)=C1S. The zero-order valence-corrected chi connectivity index (χ0v) is 7.38. The van der Waals surface area contributed by atoms with Gasteiger partial charge in [0, 0.05) is 4.91 Å². The molecule has 1 aliphatic heterocycles. The molecule has 0 aromatic carbocycles. The fraction of sp³-hybridized carbons (Fsp3) is 0.143. The van der Waals surface area contributed by atoms with E-state index in [9.17, 15) is 0 Å². The van der Waals surface area contributed by atoms with Crippen LogP contribution in [0.3, 0.4) is 0 Å². The van der Waals surface area contributed by atoms with E-state index in [0.717, 1.165) is 0 Å². The molecule has 0 bridgehead atoms. The minimum atomic E-state index is -0.936. The van der Waals surface area contributed by atoms with E-state index >= 15 is 0 Å². The van der Waals surface area contributed by atoms with E-state index in [-0.39, 0.29) is 21.9 Å². The molecule has 1 rings (SSSR count). The van der Waals surface area contributed by atoms with Crippen molar-refractivity contribution in [3.8, 4) is 12.1 Å². The highest BCUT2D eigenvalue weighted by Gasteiger charge is 2.25. The lowest BCUT2D eigenvalue weighted by Gasteiger charge is -2.20. The summed E-state index contributed by atoms with van der Waals surface area (Å²) in [5.74, 6) is -0.0981. The summed E-state index contributed by atoms with van der Waals surface area (Å²) < 4.78 is 4.85. The number of thiol groups is 1. The summed E-state index contributed by atoms with van der Waals surface area (Å²) in [5, 5.41) is 17.3. The fourth-order valence-electron chi connectivity index (χ4n) is 0.865. The van der Waals surface area contributed by atoms with Gasteiger partial charge in [0.05, 0.1) is 5.57 Å². The molecule has 1 atom stereocenters. The van der Waals surface area contributed by atoms with E-state index in [1.54, 1.807) is 12.1 Å². The van der Waals surface area contributed by atoms with Gasteiger partial charge in [0.1, 0.15) is 17.7 Å². The quantitative estimate of drug-likeness (QED) is 0.459. The molecule has 66 valence electrons. The number of hydrogen-bond donors (Lipinski definition) is 3. The molecule has 0 radical (unpaired) electrons. The number of nitrogens with zero attached hydrogens (tertiary/aromatic N) is 2. The predicted molar refractivity (Wildman–Crippen MR) is 47.5 cm³/mol. The Labute approximate surface area is 80.3 Å². The van der Waals surface area contributed by atoms with E-state index < -0.39 is 6.23 Å². The molecule has 4 N–H and O–H groups in total. The summed E-state index contributed by atoms with van der Waals surface area (Å²) in [6.07, 6.45) is -0.936. The predicted octanol–water partition coefficient (Wildman–Crippen LogP) is -0.297. The molecule has 0 spiro atoms. The Hall–Kier alpha value is -1.63. The zero-order valence-electron chi connectivity index (χ0n) is 6.48. The van der Waals surface area contributed by atoms with Gasteiger partial charge in [0.15, 0.2) is 6.23 Å². The van der Waals surface area contributed by atoms with Crippen LogP contribution < -0.4 is 11.5 Å². The molecule has 0 aromatic rings. The Morgan fingerprint density at radius 3 is 2.46 bits per heavy atom. The molecule has 0 fully saturated rings. The largest absolute Gasteiger partial charge is 0.455 e. The first-order chi connectivity index (χ1) is 6.11. The number of allylic oxidation sites excluding steroid dienone is 1. The molecular formula is C7H6N4OS. The first-order valence-corrected chi connectivity index (χ1v) is 3.72. The molecule has 6 heteroatoms. The average molecular weight is 194 g/mol. The number of ether oxygens (including phenoxy) is 1. The van der Waals surface area contributed by atoms with Crippen molar-refractivity contribution in [3.63, 3.8) is 0 Å². The van der Waals surface area contributed by atoms with Gasteiger partial charge in [-0.1, -0.05) is 0 Å². The van der Waals surface area contributed by atoms with Gasteiger partial charge in [-0.3, -0.25) is 5.73 Å². The average Bonchev–Trinajstić information content (AvgIpc) is 2.04. The molecule has 1 aliphatic rings. The second kappa shape index (κ2) is 3.40. The molecular weight excluding hydrogens is 188 g/mol. The van der Waals surface area contributed by atoms with Crippen molar-refractivity contribution >= 4 is 12.6 Å². The summed E-state index contributed by atoms with van der Waals surface area (Å²) in [7, 11) is 0. The lowest BCUT2D eigenvalue weighted by Crippen LogP contribution is -2.32. The van der Waals surface area contributed by atoms with Crippen LogP contribution in [0.5, 0.6) is 0 Å². The maximum absolute atomic E-state index is 8.64. The number of nitriles is 2. The molecule has 0 amide bonds. The molecule has 1 unspecified atom stereocenters. The first kappa shape index (κ1) is 9.46. The highest BCUT2D eigenvalue weighted by Crippen LogP contribution is 2.27. The molecule has 0 saturated carbocycles. The van der Waals surface area contributed by atoms with Gasteiger partial charge < -0.3 is 10.5 Å². The third-order valence-electron chi connectivity index (χ3n) is 1.51. The van der Waals surface area contributed by atoms with Crippen molar-refractivity contribution < 1.29 is 4.74 Å². The van der Waals surface area contributed by atoms with Crippen LogP contribution in [0.1, 0.15) is 0 Å². The molecule has 13 heavy (non-hydrogen) atoms. The number of hydrogen-bond acceptors (Lipinski definition) is 6. The van der Waals surface area contributed by atoms with Crippen LogP contribution in [0.25, 0.3) is 0 Å². The van der Waals surface area contributed by atoms with E-state index in [4.69, 9.17) is 26.7 Å². The summed E-state index contributed by atoms with van der Waals surface area (Å²) in [6, 6.07) is 3.58. The Balaban J connectivity index is 3.29. The molecule has 0 saturated heterocycles. The summed E-state index contributed by atoms with van der Waals surface area (Å²) >= 11 is 3.97. The van der Waals surface area contributed by atoms with Crippen LogP contribution in [-0.4, -0.2) is 6.23 Å². The fourth-order valence-corrected chi connectivity index (χ4v) is 1.20. The van der Waals surface area contributed by atoms with E-state index in [0.29, 0.717) is 0 Å². The summed E-state index contributed by atoms with van der Waals surface area (Å²) in [6.45, 7) is 0. The maximum atomic E-state index is 8.64. The van der Waals surface area contributed by atoms with Crippen LogP contribution in [0.2, 0.25) is 0 Å². The Morgan fingerprint density at radius 1 is 1.38 bits per heavy atom. The molecule has 0 aromatic heterocycles. The van der Waals surface area contributed by atoms with Crippen molar-refractivity contribution in [2.45, 2.75) is 6.23 Å². The van der Waals surface area contributed by atoms with E-state index in [1.807, 2.05) is 0 Å². The van der Waals surface area contributed by atoms with Gasteiger partial charge in [0.25, 0.3) is 0 Å². The zero-order chi connectivity index (χ0) is 10.0. The van der Waals surface area contributed by atoms with Gasteiger partial charge in [-0.05, 0) is 0 Å². The van der Waals surface area contributed by atoms with Gasteiger partial charge in [-0.15, -0.1) is 12.6 Å². The Morgan fingerprint density at radius 2 is 2.00 bits per heavy atom. The van der Waals surface area contributed by atoms with Crippen molar-refractivity contribution in [2.24, 2.45) is 11.5 Å². The topological polar surface area (TPSA) is 109 Å². The standard InChI is InChI=1S/C7H6N4OS/c8-1-3-5(13)4(2-9)7(11)12-6(3)10/h6,13H,10-11H2. The third-order valence-corrected chi connectivity index (χ3v) is 1.97. The van der Waals surface area contributed by atoms with Gasteiger partial charge in [-0.2, -0.15) is 10.5 Å². The second-order valence-corrected chi connectivity index (χ2v) is 2.71. The van der Waals surface area contributed by atoms with Crippen molar-refractivity contribution in [3.05, 3.63) is 21.9 Å². The molecule has 0 aliphatic carbocycles. The smallest absolute Gasteiger partial charge is 0.205 e. The van der Waals surface area contributed by atoms with Crippen molar-refractivity contribution in [1.82, 2.24) is 0 Å². The lowest BCUT2D eigenvalue weighted by atomic mass is 10.1. The van der Waals surface area contributed by atoms with E-state index in [2.05, 4.69) is 12.6 Å². The molecule has 5 nitrogen and oxygen atoms in total. The molecule has 1 heterocycles. The van der Waals surface area contributed by atoms with Crippen molar-refractivity contribution in [1.29, 1.82) is 10.5 Å². The first-order valence-electron chi connectivity index (χ1n) is 3.27. The highest BCUT2D eigenvalue weighted by atomic mass is 32.1. The van der Waals surface area contributed by atoms with Crippen LogP contribution in [0, 0.1) is 22.7 Å². The van der Waals surface area contributed by atoms with Gasteiger partial charge in [0.2, 0.25) is 5.88 Å². The van der Waals surface area contributed by atoms with Crippen LogP contribution in [0.4, 0.5) is 0 Å². The summed E-state index contributed by atoms with van der Waals surface area (Å²) in [4.78, 5) is 0.182. The minimum Gasteiger partial charge on any atom is -0.455 e. The van der Waals surface area contributed by atoms with Crippen LogP contribution >= 0.6 is 12.6 Å². The third kappa shape index (κ3) is 1.45. The maximum Gasteiger partial charge on any atom is 0.205 e. The van der Waals surface area contributed by atoms with Crippen molar-refractivity contribution in [2.75, 3.05) is 0 Å². The Kier molecular flexibility index (Phi) is 2.47. The second-order valence-electron chi connectivity index (χ2n) is 2.26. The Bertz CT molecular complexity index is 384. The van der Waals surface area contributed by atoms with Crippen LogP contribution in [-0.2, 0) is 4.74 Å². The summed E-state index contributed by atoms with van der Waals surface area (Å²) in [5.41, 5.74) is 10.9.